The van der Waals surface area contributed by atoms with Crippen LogP contribution < -0.4 is 0 Å². The molecule has 0 aliphatic rings. The standard InChI is InChI=1S/C3H3I3/c4-1-3(6)2-5/h1H,2H2. The van der Waals surface area contributed by atoms with Gasteiger partial charge in [-0.05, 0) is 26.7 Å². The minimum Gasteiger partial charge on any atom is -0.0807 e. The summed E-state index contributed by atoms with van der Waals surface area (Å²) in [7, 11) is 0. The first kappa shape index (κ1) is 7.93. The molecule has 36 valence electrons. The van der Waals surface area contributed by atoms with Crippen molar-refractivity contribution in [1.29, 1.82) is 0 Å². The van der Waals surface area contributed by atoms with E-state index >= 15 is 0 Å². The summed E-state index contributed by atoms with van der Waals surface area (Å²) >= 11 is 6.89. The van der Waals surface area contributed by atoms with E-state index in [2.05, 4.69) is 71.9 Å². The fraction of sp³-hybridized carbons (Fsp3) is 0.333. The van der Waals surface area contributed by atoms with E-state index in [4.69, 9.17) is 0 Å². The molecule has 0 radical (unpaired) electrons. The Labute approximate surface area is 78.6 Å². The van der Waals surface area contributed by atoms with E-state index < -0.39 is 0 Å². The Kier molecular flexibility index (Phi) is 6.71. The average Bonchev–Trinajstić information content (AvgIpc) is 1.65. The predicted molar refractivity (Wildman–Crippen MR) is 55.0 cm³/mol. The van der Waals surface area contributed by atoms with E-state index in [1.807, 2.05) is 0 Å². The summed E-state index contributed by atoms with van der Waals surface area (Å²) < 4.78 is 4.64. The second-order valence-corrected chi connectivity index (χ2v) is 3.46. The molecule has 0 N–H and O–H groups in total. The van der Waals surface area contributed by atoms with E-state index in [1.165, 1.54) is 3.58 Å². The lowest BCUT2D eigenvalue weighted by molar-refractivity contribution is 1.87. The normalized spacial score (nSPS) is 12.2. The predicted octanol–water partition coefficient (Wildman–Crippen LogP) is 3.13. The highest BCUT2D eigenvalue weighted by Gasteiger charge is 1.78. The third-order valence-electron chi connectivity index (χ3n) is 0.246. The van der Waals surface area contributed by atoms with Crippen LogP contribution in [0.5, 0.6) is 0 Å². The Morgan fingerprint density at radius 1 is 1.67 bits per heavy atom. The zero-order valence-electron chi connectivity index (χ0n) is 2.92. The summed E-state index contributed by atoms with van der Waals surface area (Å²) in [4.78, 5) is 0. The topological polar surface area (TPSA) is 0 Å². The molecule has 0 aromatic heterocycles. The van der Waals surface area contributed by atoms with Crippen LogP contribution in [0, 0.1) is 0 Å². The van der Waals surface area contributed by atoms with Gasteiger partial charge in [0.25, 0.3) is 0 Å². The van der Waals surface area contributed by atoms with Gasteiger partial charge < -0.3 is 0 Å². The van der Waals surface area contributed by atoms with Crippen molar-refractivity contribution in [2.75, 3.05) is 4.43 Å². The third-order valence-corrected chi connectivity index (χ3v) is 5.16. The van der Waals surface area contributed by atoms with Crippen molar-refractivity contribution in [3.05, 3.63) is 7.66 Å². The van der Waals surface area contributed by atoms with E-state index in [-0.39, 0.29) is 0 Å². The van der Waals surface area contributed by atoms with Crippen molar-refractivity contribution in [1.82, 2.24) is 0 Å². The third kappa shape index (κ3) is 4.10. The van der Waals surface area contributed by atoms with Crippen LogP contribution in [0.3, 0.4) is 0 Å². The average molecular weight is 420 g/mol. The molecule has 0 heterocycles. The molecule has 3 heteroatoms. The second kappa shape index (κ2) is 5.07. The van der Waals surface area contributed by atoms with Gasteiger partial charge >= 0.3 is 0 Å². The van der Waals surface area contributed by atoms with Crippen LogP contribution in [0.25, 0.3) is 0 Å². The van der Waals surface area contributed by atoms with E-state index in [9.17, 15) is 0 Å². The summed E-state index contributed by atoms with van der Waals surface area (Å²) in [6.07, 6.45) is 0. The van der Waals surface area contributed by atoms with Crippen molar-refractivity contribution in [2.24, 2.45) is 0 Å². The SMILES string of the molecule is IC=C(I)CI. The minimum absolute atomic E-state index is 1.14. The van der Waals surface area contributed by atoms with Crippen LogP contribution in [-0.2, 0) is 0 Å². The van der Waals surface area contributed by atoms with Crippen molar-refractivity contribution < 1.29 is 0 Å². The molecule has 0 aliphatic carbocycles. The number of alkyl halides is 1. The van der Waals surface area contributed by atoms with E-state index in [1.54, 1.807) is 0 Å². The maximum atomic E-state index is 2.33. The quantitative estimate of drug-likeness (QED) is 0.452. The van der Waals surface area contributed by atoms with Gasteiger partial charge in [-0.25, -0.2) is 0 Å². The first-order valence-corrected chi connectivity index (χ1v) is 5.17. The largest absolute Gasteiger partial charge is 0.0807 e. The fourth-order valence-corrected chi connectivity index (χ4v) is 1.31. The van der Waals surface area contributed by atoms with Crippen molar-refractivity contribution in [2.45, 2.75) is 0 Å². The second-order valence-electron chi connectivity index (χ2n) is 0.690. The van der Waals surface area contributed by atoms with Gasteiger partial charge in [0.05, 0.1) is 0 Å². The smallest absolute Gasteiger partial charge is 0.0309 e. The molecule has 6 heavy (non-hydrogen) atoms. The number of hydrogen-bond acceptors (Lipinski definition) is 0. The Morgan fingerprint density at radius 2 is 2.17 bits per heavy atom. The fourth-order valence-electron chi connectivity index (χ4n) is 0.0292. The van der Waals surface area contributed by atoms with Gasteiger partial charge in [-0.15, -0.1) is 0 Å². The Hall–Kier alpha value is 1.93. The highest BCUT2D eigenvalue weighted by atomic mass is 127. The molecule has 0 aliphatic heterocycles. The summed E-state index contributed by atoms with van der Waals surface area (Å²) in [5.74, 6) is 0. The van der Waals surface area contributed by atoms with Crippen molar-refractivity contribution >= 4 is 67.8 Å². The lowest BCUT2D eigenvalue weighted by atomic mass is 10.8. The van der Waals surface area contributed by atoms with Crippen molar-refractivity contribution in [3.63, 3.8) is 0 Å². The molecule has 0 spiro atoms. The highest BCUT2D eigenvalue weighted by Crippen LogP contribution is 2.10. The molecule has 0 saturated carbocycles. The Bertz CT molecular complexity index is 57.1. The van der Waals surface area contributed by atoms with Gasteiger partial charge in [-0.2, -0.15) is 0 Å². The van der Waals surface area contributed by atoms with Gasteiger partial charge in [0.15, 0.2) is 0 Å². The molecule has 0 rings (SSSR count). The number of allylic oxidation sites excluding steroid dienone is 1. The lowest BCUT2D eigenvalue weighted by Gasteiger charge is -1.79. The Balaban J connectivity index is 3.22. The maximum absolute atomic E-state index is 2.33. The monoisotopic (exact) mass is 420 g/mol. The summed E-state index contributed by atoms with van der Waals surface area (Å²) in [6.45, 7) is 0. The van der Waals surface area contributed by atoms with Gasteiger partial charge in [-0.3, -0.25) is 0 Å². The molecule has 0 aromatic rings. The highest BCUT2D eigenvalue weighted by molar-refractivity contribution is 14.1. The molecule has 0 saturated heterocycles. The molecule has 0 bridgehead atoms. The molecule has 0 unspecified atom stereocenters. The van der Waals surface area contributed by atoms with E-state index in [0.717, 1.165) is 4.43 Å². The number of hydrogen-bond donors (Lipinski definition) is 0. The zero-order valence-corrected chi connectivity index (χ0v) is 9.39. The van der Waals surface area contributed by atoms with Crippen LogP contribution in [0.2, 0.25) is 0 Å². The first-order chi connectivity index (χ1) is 2.81. The van der Waals surface area contributed by atoms with Crippen molar-refractivity contribution in [3.8, 4) is 0 Å². The van der Waals surface area contributed by atoms with Crippen LogP contribution >= 0.6 is 67.8 Å². The molecule has 0 atom stereocenters. The number of rotatable bonds is 1. The lowest BCUT2D eigenvalue weighted by Crippen LogP contribution is -1.61. The Morgan fingerprint density at radius 3 is 2.17 bits per heavy atom. The van der Waals surface area contributed by atoms with Gasteiger partial charge in [0.1, 0.15) is 0 Å². The van der Waals surface area contributed by atoms with Crippen LogP contribution in [0.4, 0.5) is 0 Å². The summed E-state index contributed by atoms with van der Waals surface area (Å²) in [6, 6.07) is 0. The molecular formula is C3H3I3. The van der Waals surface area contributed by atoms with Crippen LogP contribution in [0.1, 0.15) is 0 Å². The molecule has 0 nitrogen and oxygen atoms in total. The van der Waals surface area contributed by atoms with Gasteiger partial charge in [0.2, 0.25) is 0 Å². The molecular weight excluding hydrogens is 417 g/mol. The summed E-state index contributed by atoms with van der Waals surface area (Å²) in [5.41, 5.74) is 0. The van der Waals surface area contributed by atoms with Crippen LogP contribution in [0.15, 0.2) is 7.66 Å². The maximum Gasteiger partial charge on any atom is 0.0309 e. The molecule has 0 aromatic carbocycles. The minimum atomic E-state index is 1.14. The van der Waals surface area contributed by atoms with Crippen LogP contribution in [-0.4, -0.2) is 4.43 Å². The number of halogens is 3. The molecule has 0 fully saturated rings. The molecule has 0 amide bonds. The van der Waals surface area contributed by atoms with Gasteiger partial charge in [0, 0.05) is 8.01 Å². The zero-order chi connectivity index (χ0) is 4.99. The van der Waals surface area contributed by atoms with Gasteiger partial charge in [-0.1, -0.05) is 45.2 Å². The summed E-state index contributed by atoms with van der Waals surface area (Å²) in [5, 5.41) is 0. The first-order valence-electron chi connectivity index (χ1n) is 1.32. The van der Waals surface area contributed by atoms with E-state index in [0.29, 0.717) is 0 Å².